The molecular formula is C9H12FN3. The van der Waals surface area contributed by atoms with E-state index >= 15 is 0 Å². The third kappa shape index (κ3) is 2.26. The van der Waals surface area contributed by atoms with E-state index in [0.717, 1.165) is 5.56 Å². The maximum Gasteiger partial charge on any atom is 0.236 e. The number of pyridine rings is 1. The smallest absolute Gasteiger partial charge is 0.236 e. The second kappa shape index (κ2) is 4.00. The Morgan fingerprint density at radius 2 is 2.38 bits per heavy atom. The molecule has 0 spiro atoms. The molecule has 0 radical (unpaired) electrons. The Morgan fingerprint density at radius 1 is 1.69 bits per heavy atom. The highest BCUT2D eigenvalue weighted by atomic mass is 19.1. The topological polar surface area (TPSA) is 64.9 Å². The fraction of sp³-hybridized carbons (Fsp3) is 0.222. The first-order valence-corrected chi connectivity index (χ1v) is 3.92. The van der Waals surface area contributed by atoms with Gasteiger partial charge >= 0.3 is 0 Å². The van der Waals surface area contributed by atoms with Crippen LogP contribution in [0.25, 0.3) is 0 Å². The Hall–Kier alpha value is -1.42. The van der Waals surface area contributed by atoms with E-state index in [9.17, 15) is 4.39 Å². The van der Waals surface area contributed by atoms with Crippen LogP contribution in [0.3, 0.4) is 0 Å². The molecule has 0 fully saturated rings. The van der Waals surface area contributed by atoms with E-state index in [1.165, 1.54) is 12.3 Å². The lowest BCUT2D eigenvalue weighted by molar-refractivity contribution is 0.585. The molecule has 0 aliphatic carbocycles. The lowest BCUT2D eigenvalue weighted by atomic mass is 10.1. The van der Waals surface area contributed by atoms with Gasteiger partial charge in [-0.05, 0) is 18.1 Å². The number of aromatic nitrogens is 1. The van der Waals surface area contributed by atoms with Crippen molar-refractivity contribution in [3.8, 4) is 0 Å². The van der Waals surface area contributed by atoms with Gasteiger partial charge in [0.15, 0.2) is 0 Å². The first-order valence-electron chi connectivity index (χ1n) is 3.92. The van der Waals surface area contributed by atoms with Gasteiger partial charge in [-0.3, -0.25) is 0 Å². The number of hydrogen-bond donors (Lipinski definition) is 2. The Balaban J connectivity index is 2.89. The van der Waals surface area contributed by atoms with Crippen LogP contribution >= 0.6 is 0 Å². The molecule has 13 heavy (non-hydrogen) atoms. The number of nitrogen functional groups attached to an aromatic ring is 1. The van der Waals surface area contributed by atoms with E-state index in [4.69, 9.17) is 11.5 Å². The normalized spacial score (nSPS) is 12.5. The molecule has 70 valence electrons. The molecule has 0 bridgehead atoms. The summed E-state index contributed by atoms with van der Waals surface area (Å²) in [6, 6.07) is 1.28. The summed E-state index contributed by atoms with van der Waals surface area (Å²) in [5, 5.41) is 0. The summed E-state index contributed by atoms with van der Waals surface area (Å²) in [5.74, 6) is -0.658. The standard InChI is InChI=1S/C9H12FN3/c1-2-3-7(11)6-4-8(12)9(10)13-5-6/h2,4-5,7H,1,3,11-12H2. The second-order valence-corrected chi connectivity index (χ2v) is 2.78. The van der Waals surface area contributed by atoms with Crippen molar-refractivity contribution in [2.24, 2.45) is 5.73 Å². The Bertz CT molecular complexity index is 312. The second-order valence-electron chi connectivity index (χ2n) is 2.78. The maximum absolute atomic E-state index is 12.7. The highest BCUT2D eigenvalue weighted by molar-refractivity contribution is 5.39. The van der Waals surface area contributed by atoms with Crippen molar-refractivity contribution in [2.75, 3.05) is 5.73 Å². The molecule has 0 aliphatic rings. The summed E-state index contributed by atoms with van der Waals surface area (Å²) in [5.41, 5.74) is 11.8. The zero-order valence-electron chi connectivity index (χ0n) is 7.20. The molecule has 3 nitrogen and oxygen atoms in total. The third-order valence-electron chi connectivity index (χ3n) is 1.74. The van der Waals surface area contributed by atoms with Gasteiger partial charge in [0, 0.05) is 12.2 Å². The van der Waals surface area contributed by atoms with Crippen LogP contribution in [0.1, 0.15) is 18.0 Å². The van der Waals surface area contributed by atoms with Gasteiger partial charge in [0.25, 0.3) is 0 Å². The number of rotatable bonds is 3. The van der Waals surface area contributed by atoms with Crippen LogP contribution < -0.4 is 11.5 Å². The van der Waals surface area contributed by atoms with Crippen molar-refractivity contribution < 1.29 is 4.39 Å². The van der Waals surface area contributed by atoms with Crippen molar-refractivity contribution >= 4 is 5.69 Å². The van der Waals surface area contributed by atoms with E-state index in [0.29, 0.717) is 6.42 Å². The zero-order valence-corrected chi connectivity index (χ0v) is 7.20. The molecule has 1 aromatic heterocycles. The van der Waals surface area contributed by atoms with Crippen molar-refractivity contribution in [3.05, 3.63) is 36.4 Å². The van der Waals surface area contributed by atoms with Gasteiger partial charge in [0.05, 0.1) is 5.69 Å². The van der Waals surface area contributed by atoms with E-state index in [1.807, 2.05) is 0 Å². The molecule has 1 atom stereocenters. The van der Waals surface area contributed by atoms with Gasteiger partial charge in [0.2, 0.25) is 5.95 Å². The molecule has 1 rings (SSSR count). The number of hydrogen-bond acceptors (Lipinski definition) is 3. The van der Waals surface area contributed by atoms with Crippen LogP contribution in [-0.2, 0) is 0 Å². The summed E-state index contributed by atoms with van der Waals surface area (Å²) in [6.07, 6.45) is 3.71. The molecule has 4 N–H and O–H groups in total. The minimum Gasteiger partial charge on any atom is -0.395 e. The van der Waals surface area contributed by atoms with Gasteiger partial charge in [-0.15, -0.1) is 6.58 Å². The average molecular weight is 181 g/mol. The highest BCUT2D eigenvalue weighted by Gasteiger charge is 2.07. The summed E-state index contributed by atoms with van der Waals surface area (Å²) >= 11 is 0. The number of nitrogens with two attached hydrogens (primary N) is 2. The quantitative estimate of drug-likeness (QED) is 0.547. The zero-order chi connectivity index (χ0) is 9.84. The lowest BCUT2D eigenvalue weighted by Crippen LogP contribution is -2.10. The van der Waals surface area contributed by atoms with Crippen molar-refractivity contribution in [3.63, 3.8) is 0 Å². The SMILES string of the molecule is C=CCC(N)c1cnc(F)c(N)c1. The molecule has 4 heteroatoms. The van der Waals surface area contributed by atoms with Gasteiger partial charge < -0.3 is 11.5 Å². The number of halogens is 1. The Kier molecular flexibility index (Phi) is 2.97. The minimum absolute atomic E-state index is 0.0250. The first-order chi connectivity index (χ1) is 6.15. The molecular weight excluding hydrogens is 169 g/mol. The first kappa shape index (κ1) is 9.67. The third-order valence-corrected chi connectivity index (χ3v) is 1.74. The molecule has 1 heterocycles. The molecule has 0 saturated carbocycles. The summed E-state index contributed by atoms with van der Waals surface area (Å²) in [7, 11) is 0. The summed E-state index contributed by atoms with van der Waals surface area (Å²) in [4.78, 5) is 3.48. The highest BCUT2D eigenvalue weighted by Crippen LogP contribution is 2.17. The molecule has 0 amide bonds. The van der Waals surface area contributed by atoms with Crippen molar-refractivity contribution in [1.29, 1.82) is 0 Å². The van der Waals surface area contributed by atoms with Gasteiger partial charge in [0.1, 0.15) is 0 Å². The molecule has 0 saturated heterocycles. The van der Waals surface area contributed by atoms with Gasteiger partial charge in [-0.25, -0.2) is 4.98 Å². The fourth-order valence-corrected chi connectivity index (χ4v) is 1.00. The van der Waals surface area contributed by atoms with Crippen LogP contribution in [0, 0.1) is 5.95 Å². The van der Waals surface area contributed by atoms with Crippen LogP contribution in [0.5, 0.6) is 0 Å². The summed E-state index contributed by atoms with van der Waals surface area (Å²) in [6.45, 7) is 3.56. The predicted octanol–water partition coefficient (Wildman–Crippen LogP) is 1.38. The van der Waals surface area contributed by atoms with Crippen LogP contribution in [0.2, 0.25) is 0 Å². The predicted molar refractivity (Wildman–Crippen MR) is 50.3 cm³/mol. The summed E-state index contributed by atoms with van der Waals surface area (Å²) < 4.78 is 12.7. The number of nitrogens with zero attached hydrogens (tertiary/aromatic N) is 1. The largest absolute Gasteiger partial charge is 0.395 e. The maximum atomic E-state index is 12.7. The van der Waals surface area contributed by atoms with Crippen LogP contribution in [-0.4, -0.2) is 4.98 Å². The van der Waals surface area contributed by atoms with E-state index in [-0.39, 0.29) is 11.7 Å². The van der Waals surface area contributed by atoms with Gasteiger partial charge in [-0.2, -0.15) is 4.39 Å². The Morgan fingerprint density at radius 3 is 2.92 bits per heavy atom. The van der Waals surface area contributed by atoms with Crippen molar-refractivity contribution in [1.82, 2.24) is 4.98 Å². The van der Waals surface area contributed by atoms with E-state index in [1.54, 1.807) is 6.08 Å². The molecule has 0 aromatic carbocycles. The van der Waals surface area contributed by atoms with Crippen LogP contribution in [0.4, 0.5) is 10.1 Å². The molecule has 1 unspecified atom stereocenters. The minimum atomic E-state index is -0.658. The monoisotopic (exact) mass is 181 g/mol. The van der Waals surface area contributed by atoms with E-state index < -0.39 is 5.95 Å². The van der Waals surface area contributed by atoms with Crippen molar-refractivity contribution in [2.45, 2.75) is 12.5 Å². The molecule has 0 aliphatic heterocycles. The number of anilines is 1. The molecule has 1 aromatic rings. The fourth-order valence-electron chi connectivity index (χ4n) is 1.00. The van der Waals surface area contributed by atoms with E-state index in [2.05, 4.69) is 11.6 Å². The lowest BCUT2D eigenvalue weighted by Gasteiger charge is -2.09. The Labute approximate surface area is 76.3 Å². The van der Waals surface area contributed by atoms with Gasteiger partial charge in [-0.1, -0.05) is 6.08 Å². The van der Waals surface area contributed by atoms with Crippen LogP contribution in [0.15, 0.2) is 24.9 Å². The average Bonchev–Trinajstić information content (AvgIpc) is 2.10.